The molecule has 3 unspecified atom stereocenters. The van der Waals surface area contributed by atoms with Gasteiger partial charge in [-0.15, -0.1) is 0 Å². The molecule has 6 fully saturated rings. The van der Waals surface area contributed by atoms with Crippen molar-refractivity contribution in [1.82, 2.24) is 0 Å². The van der Waals surface area contributed by atoms with Crippen LogP contribution in [0.1, 0.15) is 59.3 Å². The lowest BCUT2D eigenvalue weighted by molar-refractivity contribution is -0.341. The molecule has 0 amide bonds. The van der Waals surface area contributed by atoms with Crippen LogP contribution in [0.2, 0.25) is 0 Å². The molecule has 4 heterocycles. The zero-order valence-electron chi connectivity index (χ0n) is 18.2. The van der Waals surface area contributed by atoms with Crippen LogP contribution in [-0.2, 0) is 18.9 Å². The first kappa shape index (κ1) is 19.0. The van der Waals surface area contributed by atoms with Gasteiger partial charge in [-0.1, -0.05) is 37.1 Å². The number of ether oxygens (including phenoxy) is 4. The van der Waals surface area contributed by atoms with E-state index in [0.29, 0.717) is 49.6 Å². The minimum absolute atomic E-state index is 0.0164. The molecule has 160 valence electrons. The molecule has 0 N–H and O–H groups in total. The number of allylic oxidation sites excluding steroid dienone is 3. The highest BCUT2D eigenvalue weighted by molar-refractivity contribution is 5.40. The standard InChI is InChI=1S/C25H36O4/c1-16-19-6-7-20-18-5-4-17-14-25(28-12-10-26-16)22(27-11-13-29-25)15-24(17,3)21(18)8-9-23(19,20)2/h4-5,16,19-22H,6-15H2,1-3H3/t16?,19-,20-,21-,22?,23-,24-,25?/m1/s1. The van der Waals surface area contributed by atoms with Crippen LogP contribution in [0.15, 0.2) is 23.3 Å². The maximum absolute atomic E-state index is 6.46. The molecule has 29 heavy (non-hydrogen) atoms. The van der Waals surface area contributed by atoms with Gasteiger partial charge in [-0.25, -0.2) is 0 Å². The molecule has 0 aromatic heterocycles. The summed E-state index contributed by atoms with van der Waals surface area (Å²) < 4.78 is 25.4. The van der Waals surface area contributed by atoms with Crippen molar-refractivity contribution in [2.24, 2.45) is 28.6 Å². The van der Waals surface area contributed by atoms with Gasteiger partial charge in [-0.2, -0.15) is 0 Å². The van der Waals surface area contributed by atoms with Crippen molar-refractivity contribution in [1.29, 1.82) is 0 Å². The molecular formula is C25H36O4. The summed E-state index contributed by atoms with van der Waals surface area (Å²) in [7, 11) is 0. The van der Waals surface area contributed by atoms with Gasteiger partial charge in [-0.3, -0.25) is 0 Å². The molecule has 8 bridgehead atoms. The summed E-state index contributed by atoms with van der Waals surface area (Å²) in [5.41, 5.74) is 3.78. The maximum atomic E-state index is 6.46. The van der Waals surface area contributed by atoms with E-state index in [0.717, 1.165) is 12.8 Å². The molecular weight excluding hydrogens is 364 g/mol. The fourth-order valence-electron chi connectivity index (χ4n) is 8.28. The van der Waals surface area contributed by atoms with Crippen LogP contribution < -0.4 is 0 Å². The van der Waals surface area contributed by atoms with Crippen molar-refractivity contribution in [2.45, 2.75) is 77.3 Å². The third-order valence-electron chi connectivity index (χ3n) is 9.83. The van der Waals surface area contributed by atoms with Gasteiger partial charge in [0.2, 0.25) is 0 Å². The predicted molar refractivity (Wildman–Crippen MR) is 110 cm³/mol. The lowest BCUT2D eigenvalue weighted by Gasteiger charge is -2.59. The van der Waals surface area contributed by atoms with Crippen LogP contribution in [0.3, 0.4) is 0 Å². The number of hydrogen-bond acceptors (Lipinski definition) is 4. The van der Waals surface area contributed by atoms with Gasteiger partial charge in [0.1, 0.15) is 6.10 Å². The van der Waals surface area contributed by atoms with Crippen molar-refractivity contribution < 1.29 is 18.9 Å². The Morgan fingerprint density at radius 2 is 1.69 bits per heavy atom. The molecule has 4 aliphatic heterocycles. The van der Waals surface area contributed by atoms with Crippen LogP contribution in [0.4, 0.5) is 0 Å². The molecule has 4 heteroatoms. The van der Waals surface area contributed by atoms with Gasteiger partial charge in [0.05, 0.1) is 32.5 Å². The normalized spacial score (nSPS) is 54.0. The molecule has 8 rings (SSSR count). The average molecular weight is 401 g/mol. The van der Waals surface area contributed by atoms with E-state index in [1.807, 2.05) is 0 Å². The van der Waals surface area contributed by atoms with Gasteiger partial charge in [0.25, 0.3) is 0 Å². The third kappa shape index (κ3) is 2.52. The summed E-state index contributed by atoms with van der Waals surface area (Å²) in [4.78, 5) is 0. The Kier molecular flexibility index (Phi) is 4.21. The van der Waals surface area contributed by atoms with E-state index in [-0.39, 0.29) is 17.6 Å². The summed E-state index contributed by atoms with van der Waals surface area (Å²) in [5, 5.41) is 0. The van der Waals surface area contributed by atoms with Gasteiger partial charge in [0.15, 0.2) is 5.79 Å². The topological polar surface area (TPSA) is 36.9 Å². The van der Waals surface area contributed by atoms with Crippen LogP contribution in [0.25, 0.3) is 0 Å². The van der Waals surface area contributed by atoms with Crippen LogP contribution in [0.5, 0.6) is 0 Å². The average Bonchev–Trinajstić information content (AvgIpc) is 3.06. The molecule has 3 saturated heterocycles. The van der Waals surface area contributed by atoms with Gasteiger partial charge < -0.3 is 18.9 Å². The Morgan fingerprint density at radius 3 is 2.52 bits per heavy atom. The molecule has 4 aliphatic carbocycles. The zero-order valence-corrected chi connectivity index (χ0v) is 18.2. The molecule has 0 radical (unpaired) electrons. The summed E-state index contributed by atoms with van der Waals surface area (Å²) in [6.45, 7) is 9.85. The van der Waals surface area contributed by atoms with Crippen molar-refractivity contribution in [3.05, 3.63) is 23.3 Å². The van der Waals surface area contributed by atoms with Crippen molar-refractivity contribution in [3.8, 4) is 0 Å². The van der Waals surface area contributed by atoms with Crippen LogP contribution >= 0.6 is 0 Å². The van der Waals surface area contributed by atoms with Gasteiger partial charge in [-0.05, 0) is 67.6 Å². The predicted octanol–water partition coefficient (Wildman–Crippen LogP) is 4.64. The molecule has 8 aliphatic rings. The molecule has 0 aromatic rings. The first-order valence-electron chi connectivity index (χ1n) is 11.9. The second-order valence-electron chi connectivity index (χ2n) is 10.9. The van der Waals surface area contributed by atoms with Crippen molar-refractivity contribution in [2.75, 3.05) is 26.4 Å². The Morgan fingerprint density at radius 1 is 0.897 bits per heavy atom. The van der Waals surface area contributed by atoms with E-state index >= 15 is 0 Å². The maximum Gasteiger partial charge on any atom is 0.198 e. The van der Waals surface area contributed by atoms with E-state index in [2.05, 4.69) is 32.9 Å². The Labute approximate surface area is 175 Å². The summed E-state index contributed by atoms with van der Waals surface area (Å²) in [5.74, 6) is 1.37. The number of hydrogen-bond donors (Lipinski definition) is 0. The van der Waals surface area contributed by atoms with Crippen LogP contribution in [-0.4, -0.2) is 44.4 Å². The Hall–Kier alpha value is -0.680. The van der Waals surface area contributed by atoms with Gasteiger partial charge >= 0.3 is 0 Å². The third-order valence-corrected chi connectivity index (χ3v) is 9.83. The second-order valence-corrected chi connectivity index (χ2v) is 10.9. The highest BCUT2D eigenvalue weighted by atomic mass is 16.7. The van der Waals surface area contributed by atoms with E-state index < -0.39 is 5.79 Å². The summed E-state index contributed by atoms with van der Waals surface area (Å²) in [6, 6.07) is 0. The van der Waals surface area contributed by atoms with E-state index in [1.54, 1.807) is 5.57 Å². The molecule has 0 aromatic carbocycles. The Bertz CT molecular complexity index is 758. The zero-order chi connectivity index (χ0) is 19.9. The van der Waals surface area contributed by atoms with Crippen molar-refractivity contribution >= 4 is 0 Å². The smallest absolute Gasteiger partial charge is 0.198 e. The summed E-state index contributed by atoms with van der Waals surface area (Å²) >= 11 is 0. The first-order valence-corrected chi connectivity index (χ1v) is 11.9. The lowest BCUT2D eigenvalue weighted by Crippen LogP contribution is -2.61. The number of rotatable bonds is 0. The number of fused-ring (bicyclic) bond motifs is 1. The molecule has 3 saturated carbocycles. The second kappa shape index (κ2) is 6.41. The monoisotopic (exact) mass is 400 g/mol. The minimum Gasteiger partial charge on any atom is -0.376 e. The molecule has 8 atom stereocenters. The SMILES string of the molecule is CC1OCCOC23CC4=CC=C5[C@H]6CC[C@H]1[C@@]6(C)CC[C@H]5[C@]4(C)CC2OCCO3. The largest absolute Gasteiger partial charge is 0.376 e. The van der Waals surface area contributed by atoms with Gasteiger partial charge in [0, 0.05) is 6.42 Å². The van der Waals surface area contributed by atoms with E-state index in [4.69, 9.17) is 18.9 Å². The first-order chi connectivity index (χ1) is 14.0. The summed E-state index contributed by atoms with van der Waals surface area (Å²) in [6.07, 6.45) is 12.3. The highest BCUT2D eigenvalue weighted by Gasteiger charge is 2.61. The fraction of sp³-hybridized carbons (Fsp3) is 0.840. The van der Waals surface area contributed by atoms with Crippen LogP contribution in [0, 0.1) is 28.6 Å². The van der Waals surface area contributed by atoms with E-state index in [9.17, 15) is 0 Å². The fourth-order valence-corrected chi connectivity index (χ4v) is 8.28. The quantitative estimate of drug-likeness (QED) is 0.593. The molecule has 4 nitrogen and oxygen atoms in total. The van der Waals surface area contributed by atoms with E-state index in [1.165, 1.54) is 31.3 Å². The lowest BCUT2D eigenvalue weighted by atomic mass is 9.49. The minimum atomic E-state index is -0.631. The van der Waals surface area contributed by atoms with Crippen molar-refractivity contribution in [3.63, 3.8) is 0 Å². The molecule has 1 spiro atoms. The Balaban J connectivity index is 1.47. The highest BCUT2D eigenvalue weighted by Crippen LogP contribution is 2.66.